The molecule has 0 aliphatic carbocycles. The molecule has 1 heterocycles. The summed E-state index contributed by atoms with van der Waals surface area (Å²) >= 11 is 0. The van der Waals surface area contributed by atoms with Crippen molar-refractivity contribution < 1.29 is 14.3 Å². The first-order valence-corrected chi connectivity index (χ1v) is 5.28. The van der Waals surface area contributed by atoms with Gasteiger partial charge >= 0.3 is 5.97 Å². The van der Waals surface area contributed by atoms with E-state index in [-0.39, 0.29) is 11.3 Å². The number of carboxylic acids is 1. The van der Waals surface area contributed by atoms with Crippen LogP contribution in [0.3, 0.4) is 0 Å². The van der Waals surface area contributed by atoms with Crippen LogP contribution < -0.4 is 5.32 Å². The van der Waals surface area contributed by atoms with Gasteiger partial charge in [0.05, 0.1) is 24.0 Å². The third kappa shape index (κ3) is 2.62. The molecule has 2 N–H and O–H groups in total. The van der Waals surface area contributed by atoms with Crippen molar-refractivity contribution >= 4 is 11.7 Å². The van der Waals surface area contributed by atoms with Gasteiger partial charge in [0.25, 0.3) is 0 Å². The minimum Gasteiger partial charge on any atom is -0.478 e. The van der Waals surface area contributed by atoms with Gasteiger partial charge < -0.3 is 10.4 Å². The first-order chi connectivity index (χ1) is 8.68. The fourth-order valence-electron chi connectivity index (χ4n) is 1.53. The van der Waals surface area contributed by atoms with E-state index in [1.807, 2.05) is 0 Å². The number of hydrogen-bond acceptors (Lipinski definition) is 4. The van der Waals surface area contributed by atoms with Crippen molar-refractivity contribution in [3.05, 3.63) is 42.0 Å². The van der Waals surface area contributed by atoms with Crippen molar-refractivity contribution in [2.45, 2.75) is 6.54 Å². The molecule has 0 aliphatic rings. The number of para-hydroxylation sites is 1. The summed E-state index contributed by atoms with van der Waals surface area (Å²) in [5.41, 5.74) is -0.0984. The van der Waals surface area contributed by atoms with E-state index in [9.17, 15) is 9.18 Å². The highest BCUT2D eigenvalue weighted by atomic mass is 19.1. The zero-order chi connectivity index (χ0) is 13.0. The second-order valence-corrected chi connectivity index (χ2v) is 3.56. The fraction of sp³-hybridized carbons (Fsp3) is 0.182. The van der Waals surface area contributed by atoms with E-state index in [1.165, 1.54) is 24.4 Å². The molecule has 0 radical (unpaired) electrons. The van der Waals surface area contributed by atoms with Crippen molar-refractivity contribution in [2.24, 2.45) is 0 Å². The summed E-state index contributed by atoms with van der Waals surface area (Å²) in [6, 6.07) is 3.93. The fourth-order valence-corrected chi connectivity index (χ4v) is 1.53. The average Bonchev–Trinajstić information content (AvgIpc) is 2.84. The zero-order valence-electron chi connectivity index (χ0n) is 9.38. The topological polar surface area (TPSA) is 80.0 Å². The highest BCUT2D eigenvalue weighted by Crippen LogP contribution is 2.19. The van der Waals surface area contributed by atoms with E-state index < -0.39 is 11.8 Å². The number of aromatic carboxylic acids is 1. The molecule has 2 aromatic rings. The van der Waals surface area contributed by atoms with Crippen LogP contribution in [0, 0.1) is 5.82 Å². The Morgan fingerprint density at radius 3 is 3.00 bits per heavy atom. The van der Waals surface area contributed by atoms with E-state index >= 15 is 0 Å². The van der Waals surface area contributed by atoms with Gasteiger partial charge in [-0.3, -0.25) is 4.68 Å². The average molecular weight is 250 g/mol. The standard InChI is InChI=1S/C11H11FN4O2/c12-9-3-1-2-8(11(17)18)10(9)13-4-6-16-7-5-14-15-16/h1-3,5,7,13H,4,6H2,(H,17,18). The summed E-state index contributed by atoms with van der Waals surface area (Å²) in [6.45, 7) is 0.817. The molecule has 0 aliphatic heterocycles. The molecule has 0 unspecified atom stereocenters. The summed E-state index contributed by atoms with van der Waals surface area (Å²) in [5, 5.41) is 19.1. The monoisotopic (exact) mass is 250 g/mol. The highest BCUT2D eigenvalue weighted by molar-refractivity contribution is 5.94. The quantitative estimate of drug-likeness (QED) is 0.834. The summed E-state index contributed by atoms with van der Waals surface area (Å²) in [7, 11) is 0. The summed E-state index contributed by atoms with van der Waals surface area (Å²) in [4.78, 5) is 10.9. The van der Waals surface area contributed by atoms with Gasteiger partial charge in [-0.2, -0.15) is 0 Å². The van der Waals surface area contributed by atoms with Crippen LogP contribution in [0.2, 0.25) is 0 Å². The third-order valence-electron chi connectivity index (χ3n) is 2.36. The van der Waals surface area contributed by atoms with E-state index in [0.717, 1.165) is 0 Å². The van der Waals surface area contributed by atoms with Gasteiger partial charge in [0.1, 0.15) is 5.82 Å². The van der Waals surface area contributed by atoms with Gasteiger partial charge in [-0.1, -0.05) is 11.3 Å². The Hall–Kier alpha value is -2.44. The van der Waals surface area contributed by atoms with Gasteiger partial charge in [0.2, 0.25) is 0 Å². The molecule has 1 aromatic carbocycles. The normalized spacial score (nSPS) is 10.3. The molecular weight excluding hydrogens is 239 g/mol. The molecule has 0 amide bonds. The van der Waals surface area contributed by atoms with Crippen molar-refractivity contribution in [1.82, 2.24) is 15.0 Å². The van der Waals surface area contributed by atoms with Gasteiger partial charge in [-0.15, -0.1) is 5.10 Å². The predicted molar refractivity (Wildman–Crippen MR) is 61.9 cm³/mol. The molecule has 18 heavy (non-hydrogen) atoms. The van der Waals surface area contributed by atoms with Crippen molar-refractivity contribution in [3.63, 3.8) is 0 Å². The molecule has 1 aromatic heterocycles. The van der Waals surface area contributed by atoms with Gasteiger partial charge in [-0.25, -0.2) is 9.18 Å². The lowest BCUT2D eigenvalue weighted by Gasteiger charge is -2.10. The first-order valence-electron chi connectivity index (χ1n) is 5.28. The maximum absolute atomic E-state index is 13.5. The maximum atomic E-state index is 13.5. The number of carbonyl (C=O) groups is 1. The lowest BCUT2D eigenvalue weighted by molar-refractivity contribution is 0.0697. The van der Waals surface area contributed by atoms with Crippen LogP contribution in [-0.4, -0.2) is 32.6 Å². The molecule has 0 bridgehead atoms. The molecule has 0 spiro atoms. The van der Waals surface area contributed by atoms with Crippen molar-refractivity contribution in [2.75, 3.05) is 11.9 Å². The van der Waals surface area contributed by atoms with Crippen molar-refractivity contribution in [1.29, 1.82) is 0 Å². The maximum Gasteiger partial charge on any atom is 0.337 e. The minimum atomic E-state index is -1.17. The number of nitrogens with one attached hydrogen (secondary N) is 1. The Kier molecular flexibility index (Phi) is 3.52. The molecule has 2 rings (SSSR count). The Labute approximate surface area is 102 Å². The Morgan fingerprint density at radius 1 is 1.50 bits per heavy atom. The second kappa shape index (κ2) is 5.26. The zero-order valence-corrected chi connectivity index (χ0v) is 9.38. The summed E-state index contributed by atoms with van der Waals surface area (Å²) < 4.78 is 15.1. The van der Waals surface area contributed by atoms with Crippen molar-refractivity contribution in [3.8, 4) is 0 Å². The summed E-state index contributed by atoms with van der Waals surface area (Å²) in [5.74, 6) is -1.76. The Morgan fingerprint density at radius 2 is 2.33 bits per heavy atom. The predicted octanol–water partition coefficient (Wildman–Crippen LogP) is 1.23. The number of halogens is 1. The van der Waals surface area contributed by atoms with E-state index in [0.29, 0.717) is 13.1 Å². The van der Waals surface area contributed by atoms with Crippen LogP contribution in [0.5, 0.6) is 0 Å². The lowest BCUT2D eigenvalue weighted by Crippen LogP contribution is -2.14. The molecule has 0 saturated heterocycles. The smallest absolute Gasteiger partial charge is 0.337 e. The van der Waals surface area contributed by atoms with Crippen LogP contribution in [0.1, 0.15) is 10.4 Å². The highest BCUT2D eigenvalue weighted by Gasteiger charge is 2.13. The molecule has 0 atom stereocenters. The SMILES string of the molecule is O=C(O)c1cccc(F)c1NCCn1ccnn1. The van der Waals surface area contributed by atoms with Crippen LogP contribution in [0.4, 0.5) is 10.1 Å². The lowest BCUT2D eigenvalue weighted by atomic mass is 10.1. The molecule has 94 valence electrons. The van der Waals surface area contributed by atoms with Crippen LogP contribution in [0.25, 0.3) is 0 Å². The summed E-state index contributed by atoms with van der Waals surface area (Å²) in [6.07, 6.45) is 3.20. The minimum absolute atomic E-state index is 0.00915. The number of benzene rings is 1. The molecule has 7 heteroatoms. The molecule has 0 saturated carbocycles. The van der Waals surface area contributed by atoms with Crippen LogP contribution in [-0.2, 0) is 6.54 Å². The van der Waals surface area contributed by atoms with E-state index in [4.69, 9.17) is 5.11 Å². The molecular formula is C11H11FN4O2. The number of anilines is 1. The molecule has 0 fully saturated rings. The van der Waals surface area contributed by atoms with Gasteiger partial charge in [0, 0.05) is 12.7 Å². The molecule has 6 nitrogen and oxygen atoms in total. The number of hydrogen-bond donors (Lipinski definition) is 2. The first kappa shape index (κ1) is 12.0. The Balaban J connectivity index is 2.06. The van der Waals surface area contributed by atoms with Gasteiger partial charge in [0.15, 0.2) is 0 Å². The number of nitrogens with zero attached hydrogens (tertiary/aromatic N) is 3. The Bertz CT molecular complexity index is 542. The number of rotatable bonds is 5. The van der Waals surface area contributed by atoms with Gasteiger partial charge in [-0.05, 0) is 12.1 Å². The van der Waals surface area contributed by atoms with E-state index in [1.54, 1.807) is 10.9 Å². The third-order valence-corrected chi connectivity index (χ3v) is 2.36. The largest absolute Gasteiger partial charge is 0.478 e. The van der Waals surface area contributed by atoms with Crippen LogP contribution >= 0.6 is 0 Å². The van der Waals surface area contributed by atoms with Crippen LogP contribution in [0.15, 0.2) is 30.6 Å². The van der Waals surface area contributed by atoms with E-state index in [2.05, 4.69) is 15.6 Å². The number of carboxylic acid groups (broad SMARTS) is 1. The number of aromatic nitrogens is 3. The second-order valence-electron chi connectivity index (χ2n) is 3.56.